The number of hydrogen-bond acceptors (Lipinski definition) is 4. The van der Waals surface area contributed by atoms with Gasteiger partial charge < -0.3 is 15.6 Å². The number of carbonyl (C=O) groups excluding carboxylic acids is 1. The summed E-state index contributed by atoms with van der Waals surface area (Å²) < 4.78 is 40.5. The molecule has 90 valence electrons. The fourth-order valence-electron chi connectivity index (χ4n) is 0.702. The fraction of sp³-hybridized carbons (Fsp3) is 0.875. The monoisotopic (exact) mass is 229 g/mol. The molecule has 0 aliphatic heterocycles. The number of halogens is 3. The summed E-state index contributed by atoms with van der Waals surface area (Å²) in [5, 5.41) is 8.67. The van der Waals surface area contributed by atoms with Gasteiger partial charge in [-0.3, -0.25) is 4.79 Å². The Morgan fingerprint density at radius 3 is 2.00 bits per heavy atom. The molecular weight excluding hydrogens is 215 g/mol. The molecule has 0 aliphatic carbocycles. The molecule has 0 heterocycles. The van der Waals surface area contributed by atoms with Crippen molar-refractivity contribution >= 4 is 5.97 Å². The first-order chi connectivity index (χ1) is 6.45. The molecule has 0 fully saturated rings. The van der Waals surface area contributed by atoms with E-state index in [9.17, 15) is 18.0 Å². The van der Waals surface area contributed by atoms with Gasteiger partial charge in [0, 0.05) is 0 Å². The Hall–Kier alpha value is -0.820. The van der Waals surface area contributed by atoms with Crippen molar-refractivity contribution in [3.05, 3.63) is 0 Å². The minimum Gasteiger partial charge on any atom is -0.459 e. The molecule has 0 aliphatic rings. The van der Waals surface area contributed by atoms with Gasteiger partial charge in [-0.05, 0) is 20.8 Å². The van der Waals surface area contributed by atoms with Gasteiger partial charge in [-0.25, -0.2) is 0 Å². The van der Waals surface area contributed by atoms with Crippen molar-refractivity contribution in [3.8, 4) is 0 Å². The Kier molecular flexibility index (Phi) is 4.12. The highest BCUT2D eigenvalue weighted by molar-refractivity contribution is 5.76. The molecule has 7 heteroatoms. The molecule has 0 aromatic carbocycles. The summed E-state index contributed by atoms with van der Waals surface area (Å²) in [6, 6.07) is -2.12. The van der Waals surface area contributed by atoms with Crippen LogP contribution in [0.5, 0.6) is 0 Å². The van der Waals surface area contributed by atoms with Gasteiger partial charge in [0.2, 0.25) is 0 Å². The summed E-state index contributed by atoms with van der Waals surface area (Å²) in [5.74, 6) is -1.28. The van der Waals surface area contributed by atoms with Crippen molar-refractivity contribution in [1.82, 2.24) is 0 Å². The molecule has 3 N–H and O–H groups in total. The second-order valence-electron chi connectivity index (χ2n) is 4.05. The van der Waals surface area contributed by atoms with E-state index in [1.165, 1.54) is 20.8 Å². The number of alkyl halides is 3. The first kappa shape index (κ1) is 14.2. The number of nitrogens with two attached hydrogens (primary N) is 1. The van der Waals surface area contributed by atoms with Crippen LogP contribution in [0.2, 0.25) is 0 Å². The first-order valence-electron chi connectivity index (χ1n) is 4.18. The van der Waals surface area contributed by atoms with Crippen molar-refractivity contribution in [1.29, 1.82) is 0 Å². The van der Waals surface area contributed by atoms with E-state index in [-0.39, 0.29) is 0 Å². The van der Waals surface area contributed by atoms with Crippen molar-refractivity contribution in [3.63, 3.8) is 0 Å². The minimum atomic E-state index is -4.93. The van der Waals surface area contributed by atoms with E-state index in [2.05, 4.69) is 4.74 Å². The second kappa shape index (κ2) is 4.36. The molecule has 0 saturated carbocycles. The molecule has 2 atom stereocenters. The minimum absolute atomic E-state index is 0.944. The zero-order valence-corrected chi connectivity index (χ0v) is 8.63. The van der Waals surface area contributed by atoms with Crippen LogP contribution in [0, 0.1) is 0 Å². The summed E-state index contributed by atoms with van der Waals surface area (Å²) in [7, 11) is 0. The molecule has 15 heavy (non-hydrogen) atoms. The lowest BCUT2D eigenvalue weighted by molar-refractivity contribution is -0.216. The summed E-state index contributed by atoms with van der Waals surface area (Å²) >= 11 is 0. The largest absolute Gasteiger partial charge is 0.459 e. The molecule has 0 aromatic rings. The van der Waals surface area contributed by atoms with Crippen LogP contribution in [0.15, 0.2) is 0 Å². The topological polar surface area (TPSA) is 72.5 Å². The third kappa shape index (κ3) is 4.98. The standard InChI is InChI=1S/C8H14F3NO3/c1-7(2,3)15-6(14)4(12)5(13)8(9,10)11/h4-5,13H,12H2,1-3H3. The third-order valence-electron chi connectivity index (χ3n) is 1.35. The van der Waals surface area contributed by atoms with E-state index >= 15 is 0 Å². The average Bonchev–Trinajstić information content (AvgIpc) is 1.96. The van der Waals surface area contributed by atoms with Crippen LogP contribution in [0.3, 0.4) is 0 Å². The molecule has 0 rings (SSSR count). The Bertz CT molecular complexity index is 234. The normalized spacial score (nSPS) is 17.1. The molecule has 0 radical (unpaired) electrons. The molecule has 2 unspecified atom stereocenters. The highest BCUT2D eigenvalue weighted by Crippen LogP contribution is 2.22. The molecular formula is C8H14F3NO3. The Morgan fingerprint density at radius 2 is 1.73 bits per heavy atom. The molecule has 0 bridgehead atoms. The number of esters is 1. The van der Waals surface area contributed by atoms with Crippen LogP contribution in [-0.4, -0.2) is 35.0 Å². The van der Waals surface area contributed by atoms with Gasteiger partial charge in [0.05, 0.1) is 0 Å². The van der Waals surface area contributed by atoms with Crippen LogP contribution in [0.1, 0.15) is 20.8 Å². The number of hydrogen-bond donors (Lipinski definition) is 2. The first-order valence-corrected chi connectivity index (χ1v) is 4.18. The number of aliphatic hydroxyl groups excluding tert-OH is 1. The zero-order valence-electron chi connectivity index (χ0n) is 8.63. The maximum absolute atomic E-state index is 12.0. The van der Waals surface area contributed by atoms with Crippen molar-refractivity contribution in [2.45, 2.75) is 44.7 Å². The summed E-state index contributed by atoms with van der Waals surface area (Å²) in [6.45, 7) is 4.45. The average molecular weight is 229 g/mol. The van der Waals surface area contributed by atoms with Crippen molar-refractivity contribution in [2.24, 2.45) is 5.73 Å². The van der Waals surface area contributed by atoms with Gasteiger partial charge in [0.1, 0.15) is 11.6 Å². The van der Waals surface area contributed by atoms with Crippen LogP contribution < -0.4 is 5.73 Å². The smallest absolute Gasteiger partial charge is 0.416 e. The summed E-state index contributed by atoms with van der Waals surface area (Å²) in [4.78, 5) is 11.0. The number of carbonyl (C=O) groups is 1. The molecule has 4 nitrogen and oxygen atoms in total. The number of ether oxygens (including phenoxy) is 1. The predicted octanol–water partition coefficient (Wildman–Crippen LogP) is 0.579. The Labute approximate surface area is 85.2 Å². The van der Waals surface area contributed by atoms with E-state index in [0.717, 1.165) is 0 Å². The van der Waals surface area contributed by atoms with Gasteiger partial charge in [-0.1, -0.05) is 0 Å². The highest BCUT2D eigenvalue weighted by atomic mass is 19.4. The van der Waals surface area contributed by atoms with Crippen molar-refractivity contribution in [2.75, 3.05) is 0 Å². The van der Waals surface area contributed by atoms with Gasteiger partial charge in [-0.2, -0.15) is 13.2 Å². The van der Waals surface area contributed by atoms with E-state index in [4.69, 9.17) is 10.8 Å². The molecule has 0 amide bonds. The van der Waals surface area contributed by atoms with Gasteiger partial charge in [0.15, 0.2) is 6.10 Å². The van der Waals surface area contributed by atoms with Gasteiger partial charge >= 0.3 is 12.1 Å². The van der Waals surface area contributed by atoms with E-state index < -0.39 is 29.9 Å². The summed E-state index contributed by atoms with van der Waals surface area (Å²) in [6.07, 6.45) is -7.84. The van der Waals surface area contributed by atoms with Crippen LogP contribution in [0.25, 0.3) is 0 Å². The van der Waals surface area contributed by atoms with Crippen LogP contribution in [0.4, 0.5) is 13.2 Å². The lowest BCUT2D eigenvalue weighted by atomic mass is 10.1. The quantitative estimate of drug-likeness (QED) is 0.679. The predicted molar refractivity (Wildman–Crippen MR) is 45.9 cm³/mol. The molecule has 0 aromatic heterocycles. The highest BCUT2D eigenvalue weighted by Gasteiger charge is 2.46. The van der Waals surface area contributed by atoms with E-state index in [1.54, 1.807) is 0 Å². The van der Waals surface area contributed by atoms with E-state index in [0.29, 0.717) is 0 Å². The lowest BCUT2D eigenvalue weighted by Gasteiger charge is -2.25. The Balaban J connectivity index is 4.46. The lowest BCUT2D eigenvalue weighted by Crippen LogP contribution is -2.51. The van der Waals surface area contributed by atoms with Gasteiger partial charge in [0.25, 0.3) is 0 Å². The number of rotatable bonds is 2. The maximum atomic E-state index is 12.0. The van der Waals surface area contributed by atoms with E-state index in [1.807, 2.05) is 0 Å². The van der Waals surface area contributed by atoms with Gasteiger partial charge in [-0.15, -0.1) is 0 Å². The van der Waals surface area contributed by atoms with Crippen molar-refractivity contribution < 1.29 is 27.8 Å². The Morgan fingerprint density at radius 1 is 1.33 bits per heavy atom. The zero-order chi connectivity index (χ0) is 12.4. The fourth-order valence-corrected chi connectivity index (χ4v) is 0.702. The molecule has 0 spiro atoms. The number of aliphatic hydroxyl groups is 1. The van der Waals surface area contributed by atoms with Crippen LogP contribution >= 0.6 is 0 Å². The summed E-state index contributed by atoms with van der Waals surface area (Å²) in [5.41, 5.74) is 3.97. The maximum Gasteiger partial charge on any atom is 0.416 e. The second-order valence-corrected chi connectivity index (χ2v) is 4.05. The van der Waals surface area contributed by atoms with Crippen LogP contribution in [-0.2, 0) is 9.53 Å². The third-order valence-corrected chi connectivity index (χ3v) is 1.35. The molecule has 0 saturated heterocycles. The SMILES string of the molecule is CC(C)(C)OC(=O)C(N)C(O)C(F)(F)F.